The van der Waals surface area contributed by atoms with Gasteiger partial charge in [0.25, 0.3) is 5.91 Å². The predicted octanol–water partition coefficient (Wildman–Crippen LogP) is 3.81. The lowest BCUT2D eigenvalue weighted by atomic mass is 9.82. The fourth-order valence-corrected chi connectivity index (χ4v) is 4.01. The van der Waals surface area contributed by atoms with Crippen LogP contribution < -0.4 is 10.0 Å². The monoisotopic (exact) mass is 388 g/mol. The van der Waals surface area contributed by atoms with Crippen molar-refractivity contribution in [3.05, 3.63) is 65.2 Å². The highest BCUT2D eigenvalue weighted by molar-refractivity contribution is 7.89. The summed E-state index contributed by atoms with van der Waals surface area (Å²) in [6.45, 7) is 9.98. The van der Waals surface area contributed by atoms with Gasteiger partial charge in [0.1, 0.15) is 0 Å². The largest absolute Gasteiger partial charge is 0.345 e. The van der Waals surface area contributed by atoms with E-state index in [1.54, 1.807) is 19.9 Å². The van der Waals surface area contributed by atoms with Gasteiger partial charge in [0.05, 0.1) is 10.9 Å². The Bertz CT molecular complexity index is 901. The lowest BCUT2D eigenvalue weighted by Gasteiger charge is -2.32. The Hall–Kier alpha value is -2.18. The average molecular weight is 389 g/mol. The van der Waals surface area contributed by atoms with E-state index in [-0.39, 0.29) is 28.8 Å². The van der Waals surface area contributed by atoms with Crippen molar-refractivity contribution in [3.8, 4) is 0 Å². The normalized spacial score (nSPS) is 13.2. The summed E-state index contributed by atoms with van der Waals surface area (Å²) in [7, 11) is -3.62. The molecule has 1 atom stereocenters. The number of aryl methyl sites for hydroxylation is 1. The molecule has 2 N–H and O–H groups in total. The van der Waals surface area contributed by atoms with E-state index >= 15 is 0 Å². The van der Waals surface area contributed by atoms with Crippen LogP contribution in [0.3, 0.4) is 0 Å². The lowest BCUT2D eigenvalue weighted by molar-refractivity contribution is 0.0901. The summed E-state index contributed by atoms with van der Waals surface area (Å²) in [5.41, 5.74) is 1.88. The zero-order valence-corrected chi connectivity index (χ0v) is 17.4. The van der Waals surface area contributed by atoms with Gasteiger partial charge in [0.15, 0.2) is 0 Å². The number of amides is 1. The second-order valence-electron chi connectivity index (χ2n) is 7.66. The molecule has 0 radical (unpaired) electrons. The maximum atomic E-state index is 13.0. The van der Waals surface area contributed by atoms with Gasteiger partial charge in [-0.3, -0.25) is 4.79 Å². The number of benzene rings is 2. The highest BCUT2D eigenvalue weighted by atomic mass is 32.2. The first-order chi connectivity index (χ1) is 12.6. The summed E-state index contributed by atoms with van der Waals surface area (Å²) >= 11 is 0. The van der Waals surface area contributed by atoms with Gasteiger partial charge in [-0.15, -0.1) is 0 Å². The van der Waals surface area contributed by atoms with Gasteiger partial charge in [-0.25, -0.2) is 13.1 Å². The van der Waals surface area contributed by atoms with E-state index in [4.69, 9.17) is 0 Å². The van der Waals surface area contributed by atoms with Crippen LogP contribution in [0.15, 0.2) is 53.4 Å². The Morgan fingerprint density at radius 3 is 2.26 bits per heavy atom. The molecule has 0 heterocycles. The molecule has 0 spiro atoms. The van der Waals surface area contributed by atoms with Crippen LogP contribution in [0.5, 0.6) is 0 Å². The van der Waals surface area contributed by atoms with Gasteiger partial charge in [-0.05, 0) is 35.6 Å². The molecule has 2 rings (SSSR count). The van der Waals surface area contributed by atoms with Crippen LogP contribution in [0.1, 0.15) is 55.2 Å². The molecule has 0 saturated heterocycles. The van der Waals surface area contributed by atoms with Gasteiger partial charge in [0, 0.05) is 12.1 Å². The van der Waals surface area contributed by atoms with Crippen LogP contribution in [0, 0.1) is 12.3 Å². The quantitative estimate of drug-likeness (QED) is 0.790. The van der Waals surface area contributed by atoms with Gasteiger partial charge in [-0.1, -0.05) is 64.1 Å². The number of nitrogens with one attached hydrogen (secondary N) is 2. The maximum Gasteiger partial charge on any atom is 0.252 e. The van der Waals surface area contributed by atoms with E-state index in [1.165, 1.54) is 12.1 Å². The molecule has 0 aromatic heterocycles. The standard InChI is InChI=1S/C21H28N2O3S/c1-6-22-27(25,26)17-13-12-15(2)18(14-17)20(24)23-19(21(3,4)5)16-10-8-7-9-11-16/h7-14,19,22H,6H2,1-5H3,(H,23,24). The zero-order chi connectivity index (χ0) is 20.2. The minimum atomic E-state index is -3.62. The summed E-state index contributed by atoms with van der Waals surface area (Å²) in [6.07, 6.45) is 0. The minimum Gasteiger partial charge on any atom is -0.345 e. The molecular weight excluding hydrogens is 360 g/mol. The number of hydrogen-bond acceptors (Lipinski definition) is 3. The molecule has 27 heavy (non-hydrogen) atoms. The maximum absolute atomic E-state index is 13.0. The Kier molecular flexibility index (Phi) is 6.44. The average Bonchev–Trinajstić information content (AvgIpc) is 2.59. The first-order valence-corrected chi connectivity index (χ1v) is 10.5. The second kappa shape index (κ2) is 8.23. The Morgan fingerprint density at radius 1 is 1.07 bits per heavy atom. The van der Waals surface area contributed by atoms with E-state index in [0.29, 0.717) is 5.56 Å². The van der Waals surface area contributed by atoms with Crippen molar-refractivity contribution in [2.24, 2.45) is 5.41 Å². The number of carbonyl (C=O) groups is 1. The van der Waals surface area contributed by atoms with E-state index in [1.807, 2.05) is 30.3 Å². The molecule has 1 unspecified atom stereocenters. The van der Waals surface area contributed by atoms with Crippen molar-refractivity contribution in [2.45, 2.75) is 45.6 Å². The third-order valence-corrected chi connectivity index (χ3v) is 5.92. The molecule has 2 aromatic carbocycles. The summed E-state index contributed by atoms with van der Waals surface area (Å²) in [5, 5.41) is 3.09. The molecule has 6 heteroatoms. The number of carbonyl (C=O) groups excluding carboxylic acids is 1. The SMILES string of the molecule is CCNS(=O)(=O)c1ccc(C)c(C(=O)NC(c2ccccc2)C(C)(C)C)c1. The third-order valence-electron chi connectivity index (χ3n) is 4.37. The molecule has 0 saturated carbocycles. The molecular formula is C21H28N2O3S. The van der Waals surface area contributed by atoms with Gasteiger partial charge in [0.2, 0.25) is 10.0 Å². The molecule has 2 aromatic rings. The van der Waals surface area contributed by atoms with E-state index < -0.39 is 10.0 Å². The smallest absolute Gasteiger partial charge is 0.252 e. The van der Waals surface area contributed by atoms with Crippen molar-refractivity contribution in [2.75, 3.05) is 6.54 Å². The van der Waals surface area contributed by atoms with E-state index in [9.17, 15) is 13.2 Å². The van der Waals surface area contributed by atoms with Crippen LogP contribution in [-0.4, -0.2) is 20.9 Å². The summed E-state index contributed by atoms with van der Waals surface area (Å²) in [4.78, 5) is 13.1. The van der Waals surface area contributed by atoms with E-state index in [0.717, 1.165) is 11.1 Å². The van der Waals surface area contributed by atoms with Gasteiger partial charge >= 0.3 is 0 Å². The van der Waals surface area contributed by atoms with Crippen LogP contribution in [0.2, 0.25) is 0 Å². The van der Waals surface area contributed by atoms with Crippen molar-refractivity contribution < 1.29 is 13.2 Å². The zero-order valence-electron chi connectivity index (χ0n) is 16.5. The van der Waals surface area contributed by atoms with Gasteiger partial charge in [-0.2, -0.15) is 0 Å². The summed E-state index contributed by atoms with van der Waals surface area (Å²) < 4.78 is 27.0. The molecule has 0 aliphatic carbocycles. The van der Waals surface area contributed by atoms with Crippen molar-refractivity contribution >= 4 is 15.9 Å². The molecule has 146 valence electrons. The van der Waals surface area contributed by atoms with Crippen molar-refractivity contribution in [1.29, 1.82) is 0 Å². The van der Waals surface area contributed by atoms with E-state index in [2.05, 4.69) is 30.8 Å². The minimum absolute atomic E-state index is 0.0899. The fraction of sp³-hybridized carbons (Fsp3) is 0.381. The van der Waals surface area contributed by atoms with Crippen molar-refractivity contribution in [1.82, 2.24) is 10.0 Å². The first-order valence-electron chi connectivity index (χ1n) is 9.02. The molecule has 0 bridgehead atoms. The summed E-state index contributed by atoms with van der Waals surface area (Å²) in [6, 6.07) is 14.2. The molecule has 0 aliphatic rings. The van der Waals surface area contributed by atoms with Crippen LogP contribution in [0.25, 0.3) is 0 Å². The fourth-order valence-electron chi connectivity index (χ4n) is 2.94. The summed E-state index contributed by atoms with van der Waals surface area (Å²) in [5.74, 6) is -0.287. The second-order valence-corrected chi connectivity index (χ2v) is 9.43. The molecule has 5 nitrogen and oxygen atoms in total. The van der Waals surface area contributed by atoms with Crippen molar-refractivity contribution in [3.63, 3.8) is 0 Å². The highest BCUT2D eigenvalue weighted by Gasteiger charge is 2.29. The van der Waals surface area contributed by atoms with Crippen LogP contribution in [0.4, 0.5) is 0 Å². The predicted molar refractivity (Wildman–Crippen MR) is 108 cm³/mol. The first kappa shape index (κ1) is 21.1. The molecule has 0 aliphatic heterocycles. The number of rotatable bonds is 6. The highest BCUT2D eigenvalue weighted by Crippen LogP contribution is 2.33. The number of sulfonamides is 1. The Morgan fingerprint density at radius 2 is 1.70 bits per heavy atom. The molecule has 0 fully saturated rings. The lowest BCUT2D eigenvalue weighted by Crippen LogP contribution is -2.37. The molecule has 1 amide bonds. The Labute approximate surface area is 162 Å². The number of hydrogen-bond donors (Lipinski definition) is 2. The topological polar surface area (TPSA) is 75.3 Å². The van der Waals surface area contributed by atoms with Crippen LogP contribution in [-0.2, 0) is 10.0 Å². The third kappa shape index (κ3) is 5.17. The Balaban J connectivity index is 2.39. The van der Waals surface area contributed by atoms with Crippen LogP contribution >= 0.6 is 0 Å². The van der Waals surface area contributed by atoms with Gasteiger partial charge < -0.3 is 5.32 Å².